The molecule has 1 heterocycles. The van der Waals surface area contributed by atoms with Crippen LogP contribution in [-0.2, 0) is 6.54 Å². The first-order valence-corrected chi connectivity index (χ1v) is 9.29. The highest BCUT2D eigenvalue weighted by atomic mass is 16.5. The van der Waals surface area contributed by atoms with Crippen LogP contribution in [0.1, 0.15) is 23.0 Å². The second-order valence-electron chi connectivity index (χ2n) is 6.28. The third-order valence-electron chi connectivity index (χ3n) is 4.43. The molecule has 7 nitrogen and oxygen atoms in total. The molecule has 0 unspecified atom stereocenters. The first-order valence-electron chi connectivity index (χ1n) is 9.29. The second-order valence-corrected chi connectivity index (χ2v) is 6.28. The number of aromatic nitrogens is 2. The summed E-state index contributed by atoms with van der Waals surface area (Å²) in [5, 5.41) is 3.14. The third kappa shape index (κ3) is 5.01. The molecule has 0 bridgehead atoms. The van der Waals surface area contributed by atoms with E-state index in [-0.39, 0.29) is 5.91 Å². The summed E-state index contributed by atoms with van der Waals surface area (Å²) < 4.78 is 10.6. The van der Waals surface area contributed by atoms with Crippen LogP contribution in [0.5, 0.6) is 11.5 Å². The molecule has 0 atom stereocenters. The first-order chi connectivity index (χ1) is 14.1. The van der Waals surface area contributed by atoms with Gasteiger partial charge in [0.25, 0.3) is 5.91 Å². The van der Waals surface area contributed by atoms with E-state index in [0.717, 1.165) is 11.3 Å². The van der Waals surface area contributed by atoms with E-state index in [2.05, 4.69) is 15.3 Å². The number of anilines is 2. The van der Waals surface area contributed by atoms with Gasteiger partial charge in [0, 0.05) is 19.2 Å². The number of hydrogen-bond acceptors (Lipinski definition) is 6. The first kappa shape index (κ1) is 20.1. The lowest BCUT2D eigenvalue weighted by Crippen LogP contribution is -2.31. The van der Waals surface area contributed by atoms with Crippen molar-refractivity contribution in [2.24, 2.45) is 0 Å². The maximum atomic E-state index is 12.8. The van der Waals surface area contributed by atoms with Gasteiger partial charge in [-0.05, 0) is 24.6 Å². The monoisotopic (exact) mass is 392 g/mol. The molecule has 150 valence electrons. The molecule has 1 aromatic heterocycles. The molecular weight excluding hydrogens is 368 g/mol. The Kier molecular flexibility index (Phi) is 6.63. The summed E-state index contributed by atoms with van der Waals surface area (Å²) in [6.45, 7) is 3.06. The standard InChI is InChI=1S/C22H24N4O3/c1-4-26(15-16-8-6-5-7-9-16)22(27)19-13-24-21(14-23-19)25-18-11-10-17(28-2)12-20(18)29-3/h5-14H,4,15H2,1-3H3,(H,24,25). The molecule has 3 rings (SSSR count). The van der Waals surface area contributed by atoms with Crippen LogP contribution in [0.25, 0.3) is 0 Å². The number of hydrogen-bond donors (Lipinski definition) is 1. The lowest BCUT2D eigenvalue weighted by molar-refractivity contribution is 0.0746. The summed E-state index contributed by atoms with van der Waals surface area (Å²) in [5.41, 5.74) is 2.09. The van der Waals surface area contributed by atoms with Crippen molar-refractivity contribution in [3.05, 3.63) is 72.2 Å². The minimum absolute atomic E-state index is 0.155. The number of methoxy groups -OCH3 is 2. The summed E-state index contributed by atoms with van der Waals surface area (Å²) in [6.07, 6.45) is 3.02. The lowest BCUT2D eigenvalue weighted by Gasteiger charge is -2.20. The molecule has 7 heteroatoms. The number of ether oxygens (including phenoxy) is 2. The number of amides is 1. The number of carbonyl (C=O) groups is 1. The predicted molar refractivity (Wildman–Crippen MR) is 112 cm³/mol. The molecule has 0 spiro atoms. The minimum atomic E-state index is -0.155. The number of nitrogens with one attached hydrogen (secondary N) is 1. The maximum Gasteiger partial charge on any atom is 0.274 e. The quantitative estimate of drug-likeness (QED) is 0.627. The van der Waals surface area contributed by atoms with Crippen LogP contribution in [0.4, 0.5) is 11.5 Å². The van der Waals surface area contributed by atoms with Gasteiger partial charge < -0.3 is 19.7 Å². The van der Waals surface area contributed by atoms with Crippen LogP contribution >= 0.6 is 0 Å². The van der Waals surface area contributed by atoms with Crippen molar-refractivity contribution in [2.45, 2.75) is 13.5 Å². The Morgan fingerprint density at radius 1 is 1.03 bits per heavy atom. The third-order valence-corrected chi connectivity index (χ3v) is 4.43. The minimum Gasteiger partial charge on any atom is -0.497 e. The van der Waals surface area contributed by atoms with Gasteiger partial charge in [-0.3, -0.25) is 4.79 Å². The van der Waals surface area contributed by atoms with E-state index < -0.39 is 0 Å². The van der Waals surface area contributed by atoms with Crippen LogP contribution < -0.4 is 14.8 Å². The zero-order valence-electron chi connectivity index (χ0n) is 16.8. The fraction of sp³-hybridized carbons (Fsp3) is 0.227. The lowest BCUT2D eigenvalue weighted by atomic mass is 10.2. The Morgan fingerprint density at radius 3 is 2.45 bits per heavy atom. The number of carbonyl (C=O) groups excluding carboxylic acids is 1. The van der Waals surface area contributed by atoms with Gasteiger partial charge in [-0.2, -0.15) is 0 Å². The molecule has 29 heavy (non-hydrogen) atoms. The molecule has 0 aliphatic heterocycles. The normalized spacial score (nSPS) is 10.3. The van der Waals surface area contributed by atoms with Crippen molar-refractivity contribution in [1.29, 1.82) is 0 Å². The van der Waals surface area contributed by atoms with Gasteiger partial charge >= 0.3 is 0 Å². The topological polar surface area (TPSA) is 76.6 Å². The van der Waals surface area contributed by atoms with Crippen molar-refractivity contribution in [3.63, 3.8) is 0 Å². The number of nitrogens with zero attached hydrogens (tertiary/aromatic N) is 3. The van der Waals surface area contributed by atoms with Gasteiger partial charge in [0.2, 0.25) is 0 Å². The Bertz CT molecular complexity index is 946. The summed E-state index contributed by atoms with van der Waals surface area (Å²) in [7, 11) is 3.18. The van der Waals surface area contributed by atoms with Crippen molar-refractivity contribution in [1.82, 2.24) is 14.9 Å². The molecule has 3 aromatic rings. The van der Waals surface area contributed by atoms with E-state index in [9.17, 15) is 4.79 Å². The van der Waals surface area contributed by atoms with E-state index >= 15 is 0 Å². The molecule has 0 fully saturated rings. The van der Waals surface area contributed by atoms with Crippen LogP contribution in [0, 0.1) is 0 Å². The maximum absolute atomic E-state index is 12.8. The molecule has 0 aliphatic rings. The molecule has 0 radical (unpaired) electrons. The average Bonchev–Trinajstić information content (AvgIpc) is 2.78. The smallest absolute Gasteiger partial charge is 0.274 e. The van der Waals surface area contributed by atoms with Crippen molar-refractivity contribution in [2.75, 3.05) is 26.1 Å². The van der Waals surface area contributed by atoms with E-state index in [1.165, 1.54) is 12.4 Å². The average molecular weight is 392 g/mol. The molecule has 0 aliphatic carbocycles. The SMILES string of the molecule is CCN(Cc1ccccc1)C(=O)c1cnc(Nc2ccc(OC)cc2OC)cn1. The van der Waals surface area contributed by atoms with Crippen LogP contribution in [0.3, 0.4) is 0 Å². The van der Waals surface area contributed by atoms with Crippen molar-refractivity contribution >= 4 is 17.4 Å². The zero-order chi connectivity index (χ0) is 20.6. The fourth-order valence-electron chi connectivity index (χ4n) is 2.84. The van der Waals surface area contributed by atoms with Crippen molar-refractivity contribution < 1.29 is 14.3 Å². The fourth-order valence-corrected chi connectivity index (χ4v) is 2.84. The highest BCUT2D eigenvalue weighted by molar-refractivity contribution is 5.92. The molecule has 0 saturated carbocycles. The van der Waals surface area contributed by atoms with E-state index in [1.54, 1.807) is 25.2 Å². The highest BCUT2D eigenvalue weighted by Gasteiger charge is 2.16. The van der Waals surface area contributed by atoms with E-state index in [4.69, 9.17) is 9.47 Å². The van der Waals surface area contributed by atoms with Gasteiger partial charge in [0.05, 0.1) is 32.3 Å². The summed E-state index contributed by atoms with van der Waals surface area (Å²) in [4.78, 5) is 23.1. The van der Waals surface area contributed by atoms with Crippen LogP contribution in [0.2, 0.25) is 0 Å². The largest absolute Gasteiger partial charge is 0.497 e. The van der Waals surface area contributed by atoms with Gasteiger partial charge in [-0.1, -0.05) is 30.3 Å². The summed E-state index contributed by atoms with van der Waals surface area (Å²) >= 11 is 0. The molecule has 2 aromatic carbocycles. The second kappa shape index (κ2) is 9.54. The van der Waals surface area contributed by atoms with Crippen LogP contribution in [0.15, 0.2) is 60.9 Å². The van der Waals surface area contributed by atoms with Gasteiger partial charge in [-0.25, -0.2) is 9.97 Å². The van der Waals surface area contributed by atoms with Gasteiger partial charge in [0.15, 0.2) is 0 Å². The molecule has 1 N–H and O–H groups in total. The van der Waals surface area contributed by atoms with Crippen molar-refractivity contribution in [3.8, 4) is 11.5 Å². The number of rotatable bonds is 8. The Morgan fingerprint density at radius 2 is 1.83 bits per heavy atom. The Balaban J connectivity index is 1.71. The summed E-state index contributed by atoms with van der Waals surface area (Å²) in [6, 6.07) is 15.3. The molecule has 1 amide bonds. The van der Waals surface area contributed by atoms with E-state index in [0.29, 0.717) is 36.1 Å². The zero-order valence-corrected chi connectivity index (χ0v) is 16.8. The molecule has 0 saturated heterocycles. The predicted octanol–water partition coefficient (Wildman–Crippen LogP) is 3.90. The van der Waals surface area contributed by atoms with Gasteiger partial charge in [0.1, 0.15) is 23.0 Å². The Hall–Kier alpha value is -3.61. The van der Waals surface area contributed by atoms with E-state index in [1.807, 2.05) is 49.4 Å². The number of benzene rings is 2. The van der Waals surface area contributed by atoms with Gasteiger partial charge in [-0.15, -0.1) is 0 Å². The highest BCUT2D eigenvalue weighted by Crippen LogP contribution is 2.30. The molecular formula is C22H24N4O3. The van der Waals surface area contributed by atoms with Crippen LogP contribution in [-0.4, -0.2) is 41.5 Å². The Labute approximate surface area is 170 Å². The summed E-state index contributed by atoms with van der Waals surface area (Å²) in [5.74, 6) is 1.66.